The van der Waals surface area contributed by atoms with Crippen LogP contribution < -0.4 is 0 Å². The van der Waals surface area contributed by atoms with E-state index < -0.39 is 0 Å². The first-order valence-corrected chi connectivity index (χ1v) is 20.8. The Bertz CT molecular complexity index is 3140. The van der Waals surface area contributed by atoms with Crippen LogP contribution in [0.25, 0.3) is 94.0 Å². The first kappa shape index (κ1) is 36.3. The van der Waals surface area contributed by atoms with Gasteiger partial charge in [-0.15, -0.1) is 0 Å². The van der Waals surface area contributed by atoms with Crippen molar-refractivity contribution in [3.8, 4) is 55.6 Å². The third-order valence-corrected chi connectivity index (χ3v) is 12.7. The lowest BCUT2D eigenvalue weighted by molar-refractivity contribution is 0.661. The lowest BCUT2D eigenvalue weighted by Gasteiger charge is -2.24. The third kappa shape index (κ3) is 6.24. The van der Waals surface area contributed by atoms with Crippen LogP contribution in [-0.4, -0.2) is 0 Å². The van der Waals surface area contributed by atoms with E-state index in [2.05, 4.69) is 209 Å². The van der Waals surface area contributed by atoms with Gasteiger partial charge in [-0.1, -0.05) is 191 Å². The van der Waals surface area contributed by atoms with Crippen LogP contribution in [-0.2, 0) is 11.8 Å². The predicted molar refractivity (Wildman–Crippen MR) is 256 cm³/mol. The van der Waals surface area contributed by atoms with E-state index in [1.54, 1.807) is 12.2 Å². The molecule has 0 atom stereocenters. The SMILES string of the molecule is C=CC=C.CC1(C)c2cc(-c3cccc(-c4c5c(c(-c6ccc(-c7ccc8ccccc8c7)cc6)c6ccccc46)CCC=C5)c3)ccc2-c2cc3ccccc3cc21. The largest absolute Gasteiger partial charge is 0.0991 e. The molecule has 0 unspecified atom stereocenters. The average Bonchev–Trinajstić information content (AvgIpc) is 3.51. The third-order valence-electron chi connectivity index (χ3n) is 12.7. The summed E-state index contributed by atoms with van der Waals surface area (Å²) in [6, 6.07) is 63.7. The highest BCUT2D eigenvalue weighted by Gasteiger charge is 2.36. The Hall–Kier alpha value is -7.02. The van der Waals surface area contributed by atoms with E-state index in [-0.39, 0.29) is 5.41 Å². The summed E-state index contributed by atoms with van der Waals surface area (Å²) in [6.07, 6.45) is 10.1. The minimum Gasteiger partial charge on any atom is -0.0991 e. The maximum Gasteiger partial charge on any atom is 0.0159 e. The maximum absolute atomic E-state index is 3.36. The maximum atomic E-state index is 3.36. The molecule has 0 heteroatoms. The van der Waals surface area contributed by atoms with Gasteiger partial charge >= 0.3 is 0 Å². The number of hydrogen-bond donors (Lipinski definition) is 0. The van der Waals surface area contributed by atoms with E-state index in [1.165, 1.54) is 110 Å². The van der Waals surface area contributed by atoms with Crippen LogP contribution in [0.15, 0.2) is 201 Å². The van der Waals surface area contributed by atoms with Gasteiger partial charge in [0.05, 0.1) is 0 Å². The summed E-state index contributed by atoms with van der Waals surface area (Å²) in [5, 5.41) is 7.78. The van der Waals surface area contributed by atoms with Crippen molar-refractivity contribution in [2.45, 2.75) is 32.1 Å². The highest BCUT2D eigenvalue weighted by molar-refractivity contribution is 6.10. The normalized spacial score (nSPS) is 13.3. The summed E-state index contributed by atoms with van der Waals surface area (Å²) in [5.41, 5.74) is 18.5. The van der Waals surface area contributed by atoms with Crippen LogP contribution >= 0.6 is 0 Å². The van der Waals surface area contributed by atoms with Crippen molar-refractivity contribution in [1.82, 2.24) is 0 Å². The van der Waals surface area contributed by atoms with Gasteiger partial charge in [0, 0.05) is 5.41 Å². The van der Waals surface area contributed by atoms with Gasteiger partial charge in [0.25, 0.3) is 0 Å². The zero-order valence-electron chi connectivity index (χ0n) is 33.8. The smallest absolute Gasteiger partial charge is 0.0159 e. The van der Waals surface area contributed by atoms with E-state index in [0.717, 1.165) is 12.8 Å². The van der Waals surface area contributed by atoms with Crippen LogP contribution in [0.1, 0.15) is 42.5 Å². The fourth-order valence-electron chi connectivity index (χ4n) is 9.68. The number of hydrogen-bond acceptors (Lipinski definition) is 0. The van der Waals surface area contributed by atoms with Crippen molar-refractivity contribution in [1.29, 1.82) is 0 Å². The molecule has 0 saturated carbocycles. The zero-order chi connectivity index (χ0) is 40.1. The van der Waals surface area contributed by atoms with Gasteiger partial charge in [-0.25, -0.2) is 0 Å². The van der Waals surface area contributed by atoms with Gasteiger partial charge < -0.3 is 0 Å². The Morgan fingerprint density at radius 1 is 0.441 bits per heavy atom. The van der Waals surface area contributed by atoms with Gasteiger partial charge in [-0.2, -0.15) is 0 Å². The Morgan fingerprint density at radius 2 is 1.00 bits per heavy atom. The summed E-state index contributed by atoms with van der Waals surface area (Å²) in [4.78, 5) is 0. The summed E-state index contributed by atoms with van der Waals surface area (Å²) in [7, 11) is 0. The van der Waals surface area contributed by atoms with Crippen LogP contribution in [0.5, 0.6) is 0 Å². The molecule has 59 heavy (non-hydrogen) atoms. The molecule has 0 aliphatic heterocycles. The Balaban J connectivity index is 0.00000101. The Kier molecular flexibility index (Phi) is 9.07. The average molecular weight is 755 g/mol. The van der Waals surface area contributed by atoms with Crippen LogP contribution in [0, 0.1) is 0 Å². The molecule has 0 fully saturated rings. The monoisotopic (exact) mass is 754 g/mol. The van der Waals surface area contributed by atoms with Gasteiger partial charge in [-0.3, -0.25) is 0 Å². The molecule has 0 spiro atoms. The molecule has 0 radical (unpaired) electrons. The number of allylic oxidation sites excluding steroid dienone is 3. The second kappa shape index (κ2) is 14.7. The van der Waals surface area contributed by atoms with Crippen LogP contribution in [0.3, 0.4) is 0 Å². The summed E-state index contributed by atoms with van der Waals surface area (Å²) >= 11 is 0. The van der Waals surface area contributed by atoms with E-state index in [4.69, 9.17) is 0 Å². The van der Waals surface area contributed by atoms with Gasteiger partial charge in [0.1, 0.15) is 0 Å². The van der Waals surface area contributed by atoms with Crippen molar-refractivity contribution in [2.24, 2.45) is 0 Å². The number of fused-ring (bicyclic) bond motifs is 7. The van der Waals surface area contributed by atoms with Crippen molar-refractivity contribution in [2.75, 3.05) is 0 Å². The molecule has 282 valence electrons. The van der Waals surface area contributed by atoms with Crippen molar-refractivity contribution >= 4 is 38.4 Å². The van der Waals surface area contributed by atoms with Crippen molar-refractivity contribution in [3.05, 3.63) is 223 Å². The number of benzene rings is 9. The first-order chi connectivity index (χ1) is 28.9. The van der Waals surface area contributed by atoms with Crippen LogP contribution in [0.2, 0.25) is 0 Å². The minimum atomic E-state index is -0.0775. The number of rotatable bonds is 5. The molecular formula is C59H46. The molecule has 9 aromatic rings. The minimum absolute atomic E-state index is 0.0775. The lowest BCUT2D eigenvalue weighted by atomic mass is 9.79. The molecule has 2 aliphatic rings. The summed E-state index contributed by atoms with van der Waals surface area (Å²) < 4.78 is 0. The van der Waals surface area contributed by atoms with E-state index in [1.807, 2.05) is 0 Å². The van der Waals surface area contributed by atoms with Gasteiger partial charge in [0.15, 0.2) is 0 Å². The second-order valence-electron chi connectivity index (χ2n) is 16.5. The predicted octanol–water partition coefficient (Wildman–Crippen LogP) is 16.4. The van der Waals surface area contributed by atoms with Gasteiger partial charge in [-0.05, 0) is 153 Å². The molecule has 0 heterocycles. The fraction of sp³-hybridized carbons (Fsp3) is 0.0847. The Labute approximate surface area is 348 Å². The molecule has 2 aliphatic carbocycles. The molecule has 0 nitrogen and oxygen atoms in total. The molecule has 0 bridgehead atoms. The van der Waals surface area contributed by atoms with Gasteiger partial charge in [0.2, 0.25) is 0 Å². The standard InChI is InChI=1S/C55H40.C4H6/c1-55(2)51-34-43(28-29-45(51)50-32-40-14-5-6-15-41(40)33-52(50)55)39-16-11-17-44(31-39)54-48-20-9-7-18-46(48)53(47-19-8-10-21-49(47)54)37-25-22-36(23-26-37)42-27-24-35-12-3-4-13-38(35)30-42;1-3-4-2/h3-7,9-18,20-34H,8,19H2,1-2H3;3-4H,1-2H2. The molecule has 0 amide bonds. The lowest BCUT2D eigenvalue weighted by Crippen LogP contribution is -2.15. The molecule has 9 aromatic carbocycles. The topological polar surface area (TPSA) is 0 Å². The van der Waals surface area contributed by atoms with E-state index in [0.29, 0.717) is 0 Å². The van der Waals surface area contributed by atoms with E-state index >= 15 is 0 Å². The quantitative estimate of drug-likeness (QED) is 0.154. The van der Waals surface area contributed by atoms with E-state index in [9.17, 15) is 0 Å². The molecular weight excluding hydrogens is 709 g/mol. The zero-order valence-corrected chi connectivity index (χ0v) is 33.8. The van der Waals surface area contributed by atoms with Crippen molar-refractivity contribution in [3.63, 3.8) is 0 Å². The highest BCUT2D eigenvalue weighted by Crippen LogP contribution is 2.51. The first-order valence-electron chi connectivity index (χ1n) is 20.8. The fourth-order valence-corrected chi connectivity index (χ4v) is 9.68. The highest BCUT2D eigenvalue weighted by atomic mass is 14.4. The molecule has 0 aromatic heterocycles. The Morgan fingerprint density at radius 3 is 1.75 bits per heavy atom. The summed E-state index contributed by atoms with van der Waals surface area (Å²) in [6.45, 7) is 11.5. The molecule has 0 saturated heterocycles. The molecule has 0 N–H and O–H groups in total. The molecule has 11 rings (SSSR count). The second-order valence-corrected chi connectivity index (χ2v) is 16.5. The summed E-state index contributed by atoms with van der Waals surface area (Å²) in [5.74, 6) is 0. The van der Waals surface area contributed by atoms with Crippen molar-refractivity contribution < 1.29 is 0 Å². The van der Waals surface area contributed by atoms with Crippen LogP contribution in [0.4, 0.5) is 0 Å².